The number of hydrogen-bond donors (Lipinski definition) is 2. The van der Waals surface area contributed by atoms with Crippen LogP contribution in [0, 0.1) is 12.8 Å². The molecule has 0 amide bonds. The van der Waals surface area contributed by atoms with E-state index in [9.17, 15) is 0 Å². The largest absolute Gasteiger partial charge is 0.461 e. The van der Waals surface area contributed by atoms with Gasteiger partial charge < -0.3 is 14.8 Å². The molecule has 0 spiro atoms. The lowest BCUT2D eigenvalue weighted by molar-refractivity contribution is 0.228. The molecule has 0 bridgehead atoms. The molecule has 2 rings (SSSR count). The zero-order valence-corrected chi connectivity index (χ0v) is 11.8. The highest BCUT2D eigenvalue weighted by Gasteiger charge is 2.09. The molecule has 0 aliphatic rings. The first-order valence-corrected chi connectivity index (χ1v) is 7.01. The average Bonchev–Trinajstić information content (AvgIpc) is 2.74. The van der Waals surface area contributed by atoms with Crippen LogP contribution in [0.5, 0.6) is 0 Å². The zero-order chi connectivity index (χ0) is 13.7. The molecule has 0 aliphatic heterocycles. The summed E-state index contributed by atoms with van der Waals surface area (Å²) < 4.78 is 5.74. The number of benzene rings is 1. The molecule has 1 atom stereocenters. The van der Waals surface area contributed by atoms with Crippen LogP contribution in [0.2, 0.25) is 0 Å². The molecule has 2 N–H and O–H groups in total. The standard InChI is InChI=1S/C16H23NO2/c1-12(11-18)6-5-9-17-10-15-13(2)19-16-8-4-3-7-14(15)16/h3-4,7-8,12,17-18H,5-6,9-11H2,1-2H3. The lowest BCUT2D eigenvalue weighted by Gasteiger charge is -2.08. The molecule has 1 aromatic heterocycles. The van der Waals surface area contributed by atoms with E-state index in [1.165, 1.54) is 10.9 Å². The molecule has 0 saturated heterocycles. The summed E-state index contributed by atoms with van der Waals surface area (Å²) in [4.78, 5) is 0. The van der Waals surface area contributed by atoms with E-state index >= 15 is 0 Å². The van der Waals surface area contributed by atoms with Crippen LogP contribution in [0.15, 0.2) is 28.7 Å². The molecule has 1 unspecified atom stereocenters. The number of nitrogens with one attached hydrogen (secondary N) is 1. The maximum Gasteiger partial charge on any atom is 0.134 e. The maximum absolute atomic E-state index is 8.96. The summed E-state index contributed by atoms with van der Waals surface area (Å²) >= 11 is 0. The first kappa shape index (κ1) is 14.1. The Bertz CT molecular complexity index is 518. The molecule has 0 radical (unpaired) electrons. The van der Waals surface area contributed by atoms with Gasteiger partial charge in [0.25, 0.3) is 0 Å². The van der Waals surface area contributed by atoms with Gasteiger partial charge >= 0.3 is 0 Å². The zero-order valence-electron chi connectivity index (χ0n) is 11.8. The van der Waals surface area contributed by atoms with E-state index in [1.54, 1.807) is 0 Å². The van der Waals surface area contributed by atoms with E-state index in [0.29, 0.717) is 5.92 Å². The highest BCUT2D eigenvalue weighted by Crippen LogP contribution is 2.24. The van der Waals surface area contributed by atoms with Crippen molar-refractivity contribution in [1.82, 2.24) is 5.32 Å². The normalized spacial score (nSPS) is 13.0. The van der Waals surface area contributed by atoms with Crippen molar-refractivity contribution in [1.29, 1.82) is 0 Å². The van der Waals surface area contributed by atoms with Gasteiger partial charge in [0.1, 0.15) is 11.3 Å². The molecule has 1 heterocycles. The fourth-order valence-corrected chi connectivity index (χ4v) is 2.32. The van der Waals surface area contributed by atoms with Crippen LogP contribution in [0.4, 0.5) is 0 Å². The fourth-order valence-electron chi connectivity index (χ4n) is 2.32. The Kier molecular flexibility index (Phi) is 5.00. The van der Waals surface area contributed by atoms with Crippen molar-refractivity contribution in [3.8, 4) is 0 Å². The van der Waals surface area contributed by atoms with Gasteiger partial charge in [0.15, 0.2) is 0 Å². The number of aliphatic hydroxyl groups is 1. The Morgan fingerprint density at radius 3 is 2.89 bits per heavy atom. The molecule has 19 heavy (non-hydrogen) atoms. The van der Waals surface area contributed by atoms with E-state index in [4.69, 9.17) is 9.52 Å². The van der Waals surface area contributed by atoms with Crippen molar-refractivity contribution >= 4 is 11.0 Å². The first-order valence-electron chi connectivity index (χ1n) is 7.01. The topological polar surface area (TPSA) is 45.4 Å². The average molecular weight is 261 g/mol. The van der Waals surface area contributed by atoms with E-state index in [1.807, 2.05) is 25.1 Å². The third-order valence-corrected chi connectivity index (χ3v) is 3.56. The second kappa shape index (κ2) is 6.73. The molecule has 104 valence electrons. The minimum absolute atomic E-state index is 0.283. The lowest BCUT2D eigenvalue weighted by atomic mass is 10.1. The van der Waals surface area contributed by atoms with Gasteiger partial charge in [-0.2, -0.15) is 0 Å². The van der Waals surface area contributed by atoms with Gasteiger partial charge in [-0.3, -0.25) is 0 Å². The SMILES string of the molecule is Cc1oc2ccccc2c1CNCCCC(C)CO. The molecule has 1 aromatic carbocycles. The van der Waals surface area contributed by atoms with Crippen molar-refractivity contribution < 1.29 is 9.52 Å². The van der Waals surface area contributed by atoms with Gasteiger partial charge in [0.2, 0.25) is 0 Å². The van der Waals surface area contributed by atoms with Gasteiger partial charge in [0.05, 0.1) is 0 Å². The smallest absolute Gasteiger partial charge is 0.134 e. The Morgan fingerprint density at radius 2 is 2.11 bits per heavy atom. The summed E-state index contributed by atoms with van der Waals surface area (Å²) in [6.07, 6.45) is 2.16. The van der Waals surface area contributed by atoms with Crippen molar-refractivity contribution in [3.63, 3.8) is 0 Å². The molecule has 3 nitrogen and oxygen atoms in total. The molecular weight excluding hydrogens is 238 g/mol. The number of aryl methyl sites for hydroxylation is 1. The highest BCUT2D eigenvalue weighted by atomic mass is 16.3. The van der Waals surface area contributed by atoms with Crippen LogP contribution in [0.1, 0.15) is 31.1 Å². The maximum atomic E-state index is 8.96. The first-order chi connectivity index (χ1) is 9.22. The molecule has 3 heteroatoms. The monoisotopic (exact) mass is 261 g/mol. The van der Waals surface area contributed by atoms with Crippen LogP contribution in [-0.2, 0) is 6.54 Å². The predicted octanol–water partition coefficient (Wildman–Crippen LogP) is 3.24. The second-order valence-electron chi connectivity index (χ2n) is 5.24. The molecule has 0 aliphatic carbocycles. The highest BCUT2D eigenvalue weighted by molar-refractivity contribution is 5.82. The van der Waals surface area contributed by atoms with Gasteiger partial charge in [-0.05, 0) is 38.3 Å². The lowest BCUT2D eigenvalue weighted by Crippen LogP contribution is -2.16. The Morgan fingerprint density at radius 1 is 1.32 bits per heavy atom. The van der Waals surface area contributed by atoms with Crippen LogP contribution in [-0.4, -0.2) is 18.3 Å². The van der Waals surface area contributed by atoms with Crippen molar-refractivity contribution in [3.05, 3.63) is 35.6 Å². The third kappa shape index (κ3) is 3.58. The van der Waals surface area contributed by atoms with Crippen LogP contribution < -0.4 is 5.32 Å². The van der Waals surface area contributed by atoms with Gasteiger partial charge in [-0.15, -0.1) is 0 Å². The van der Waals surface area contributed by atoms with Crippen LogP contribution >= 0.6 is 0 Å². The number of para-hydroxylation sites is 1. The van der Waals surface area contributed by atoms with Crippen molar-refractivity contribution in [2.24, 2.45) is 5.92 Å². The van der Waals surface area contributed by atoms with Crippen LogP contribution in [0.3, 0.4) is 0 Å². The molecular formula is C16H23NO2. The molecule has 2 aromatic rings. The van der Waals surface area contributed by atoms with E-state index in [2.05, 4.69) is 18.3 Å². The summed E-state index contributed by atoms with van der Waals surface area (Å²) in [6.45, 7) is 6.20. The van der Waals surface area contributed by atoms with E-state index in [-0.39, 0.29) is 6.61 Å². The minimum atomic E-state index is 0.283. The summed E-state index contributed by atoms with van der Waals surface area (Å²) in [7, 11) is 0. The predicted molar refractivity (Wildman–Crippen MR) is 78.1 cm³/mol. The fraction of sp³-hybridized carbons (Fsp3) is 0.500. The van der Waals surface area contributed by atoms with Gasteiger partial charge in [0, 0.05) is 24.1 Å². The second-order valence-corrected chi connectivity index (χ2v) is 5.24. The van der Waals surface area contributed by atoms with Crippen LogP contribution in [0.25, 0.3) is 11.0 Å². The Balaban J connectivity index is 1.86. The van der Waals surface area contributed by atoms with Gasteiger partial charge in [-0.1, -0.05) is 25.1 Å². The minimum Gasteiger partial charge on any atom is -0.461 e. The number of furan rings is 1. The van der Waals surface area contributed by atoms with Crippen molar-refractivity contribution in [2.45, 2.75) is 33.2 Å². The van der Waals surface area contributed by atoms with Crippen molar-refractivity contribution in [2.75, 3.05) is 13.2 Å². The Hall–Kier alpha value is -1.32. The number of fused-ring (bicyclic) bond motifs is 1. The van der Waals surface area contributed by atoms with E-state index in [0.717, 1.165) is 37.3 Å². The summed E-state index contributed by atoms with van der Waals surface area (Å²) in [5, 5.41) is 13.6. The van der Waals surface area contributed by atoms with E-state index < -0.39 is 0 Å². The quantitative estimate of drug-likeness (QED) is 0.752. The number of rotatable bonds is 7. The molecule has 0 saturated carbocycles. The summed E-state index contributed by atoms with van der Waals surface area (Å²) in [5.74, 6) is 1.40. The van der Waals surface area contributed by atoms with Gasteiger partial charge in [-0.25, -0.2) is 0 Å². The molecule has 0 fully saturated rings. The third-order valence-electron chi connectivity index (χ3n) is 3.56. The number of hydrogen-bond acceptors (Lipinski definition) is 3. The summed E-state index contributed by atoms with van der Waals surface area (Å²) in [5.41, 5.74) is 2.22. The summed E-state index contributed by atoms with van der Waals surface area (Å²) in [6, 6.07) is 8.16. The number of aliphatic hydroxyl groups excluding tert-OH is 1. The Labute approximate surface area is 114 Å².